The molecular formula is C16H13NO3. The Bertz CT molecular complexity index is 745. The van der Waals surface area contributed by atoms with E-state index < -0.39 is 0 Å². The molecule has 0 radical (unpaired) electrons. The second-order valence-electron chi connectivity index (χ2n) is 4.62. The van der Waals surface area contributed by atoms with E-state index >= 15 is 0 Å². The third-order valence-electron chi connectivity index (χ3n) is 3.15. The van der Waals surface area contributed by atoms with Crippen LogP contribution in [0.25, 0.3) is 22.6 Å². The van der Waals surface area contributed by atoms with Gasteiger partial charge in [0, 0.05) is 17.2 Å². The first-order chi connectivity index (χ1) is 9.63. The Hall–Kier alpha value is -2.75. The number of nitrogens with zero attached hydrogens (tertiary/aromatic N) is 1. The van der Waals surface area contributed by atoms with Crippen molar-refractivity contribution in [3.05, 3.63) is 54.1 Å². The maximum absolute atomic E-state index is 9.43. The number of hydrogen-bond acceptors (Lipinski definition) is 4. The van der Waals surface area contributed by atoms with Gasteiger partial charge in [-0.05, 0) is 55.0 Å². The molecule has 0 aliphatic heterocycles. The molecule has 2 N–H and O–H groups in total. The van der Waals surface area contributed by atoms with Crippen LogP contribution >= 0.6 is 0 Å². The van der Waals surface area contributed by atoms with Crippen molar-refractivity contribution in [2.75, 3.05) is 0 Å². The average Bonchev–Trinajstić information content (AvgIpc) is 2.89. The van der Waals surface area contributed by atoms with Gasteiger partial charge in [0.1, 0.15) is 17.2 Å². The summed E-state index contributed by atoms with van der Waals surface area (Å²) in [7, 11) is 0. The zero-order valence-electron chi connectivity index (χ0n) is 10.9. The molecule has 2 aromatic carbocycles. The van der Waals surface area contributed by atoms with E-state index in [1.807, 2.05) is 19.1 Å². The summed E-state index contributed by atoms with van der Waals surface area (Å²) in [5, 5.41) is 22.8. The van der Waals surface area contributed by atoms with E-state index in [2.05, 4.69) is 5.16 Å². The maximum atomic E-state index is 9.43. The highest BCUT2D eigenvalue weighted by molar-refractivity contribution is 5.69. The van der Waals surface area contributed by atoms with Gasteiger partial charge in [-0.15, -0.1) is 0 Å². The average molecular weight is 267 g/mol. The second-order valence-corrected chi connectivity index (χ2v) is 4.62. The fourth-order valence-corrected chi connectivity index (χ4v) is 2.10. The summed E-state index contributed by atoms with van der Waals surface area (Å²) in [4.78, 5) is 0. The standard InChI is InChI=1S/C16H13NO3/c1-10-8-13(19)6-7-14(10)15-9-16(20-17-15)11-2-4-12(18)5-3-11/h2-9,18-19H,1H3. The van der Waals surface area contributed by atoms with Gasteiger partial charge in [-0.2, -0.15) is 0 Å². The molecule has 0 aliphatic rings. The fourth-order valence-electron chi connectivity index (χ4n) is 2.10. The fraction of sp³-hybridized carbons (Fsp3) is 0.0625. The van der Waals surface area contributed by atoms with Crippen molar-refractivity contribution < 1.29 is 14.7 Å². The molecule has 100 valence electrons. The molecule has 0 atom stereocenters. The molecule has 0 bridgehead atoms. The maximum Gasteiger partial charge on any atom is 0.167 e. The van der Waals surface area contributed by atoms with E-state index in [4.69, 9.17) is 4.52 Å². The second kappa shape index (κ2) is 4.74. The first-order valence-corrected chi connectivity index (χ1v) is 6.19. The Kier molecular flexibility index (Phi) is 2.91. The highest BCUT2D eigenvalue weighted by Gasteiger charge is 2.10. The minimum atomic E-state index is 0.211. The molecule has 0 amide bonds. The van der Waals surface area contributed by atoms with Gasteiger partial charge < -0.3 is 14.7 Å². The van der Waals surface area contributed by atoms with Crippen LogP contribution in [0.5, 0.6) is 11.5 Å². The van der Waals surface area contributed by atoms with Gasteiger partial charge in [0.2, 0.25) is 0 Å². The van der Waals surface area contributed by atoms with Gasteiger partial charge in [-0.3, -0.25) is 0 Å². The number of rotatable bonds is 2. The molecule has 0 unspecified atom stereocenters. The summed E-state index contributed by atoms with van der Waals surface area (Å²) in [6.07, 6.45) is 0. The van der Waals surface area contributed by atoms with Crippen molar-refractivity contribution in [1.82, 2.24) is 5.16 Å². The zero-order chi connectivity index (χ0) is 14.1. The van der Waals surface area contributed by atoms with Crippen molar-refractivity contribution in [3.63, 3.8) is 0 Å². The SMILES string of the molecule is Cc1cc(O)ccc1-c1cc(-c2ccc(O)cc2)on1. The summed E-state index contributed by atoms with van der Waals surface area (Å²) in [5.41, 5.74) is 3.40. The topological polar surface area (TPSA) is 66.5 Å². The lowest BCUT2D eigenvalue weighted by atomic mass is 10.0. The largest absolute Gasteiger partial charge is 0.508 e. The number of benzene rings is 2. The van der Waals surface area contributed by atoms with Crippen LogP contribution < -0.4 is 0 Å². The molecule has 0 saturated heterocycles. The van der Waals surface area contributed by atoms with E-state index in [0.29, 0.717) is 11.5 Å². The third kappa shape index (κ3) is 2.23. The van der Waals surface area contributed by atoms with Gasteiger partial charge in [0.25, 0.3) is 0 Å². The van der Waals surface area contributed by atoms with Crippen molar-refractivity contribution >= 4 is 0 Å². The van der Waals surface area contributed by atoms with Crippen LogP contribution in [0, 0.1) is 6.92 Å². The van der Waals surface area contributed by atoms with Crippen LogP contribution in [0.2, 0.25) is 0 Å². The van der Waals surface area contributed by atoms with E-state index in [1.54, 1.807) is 36.4 Å². The monoisotopic (exact) mass is 267 g/mol. The Labute approximate surface area is 115 Å². The van der Waals surface area contributed by atoms with E-state index in [1.165, 1.54) is 0 Å². The molecule has 1 heterocycles. The van der Waals surface area contributed by atoms with Gasteiger partial charge in [0.05, 0.1) is 0 Å². The third-order valence-corrected chi connectivity index (χ3v) is 3.15. The van der Waals surface area contributed by atoms with Gasteiger partial charge in [-0.1, -0.05) is 5.16 Å². The molecule has 1 aromatic heterocycles. The normalized spacial score (nSPS) is 10.7. The first-order valence-electron chi connectivity index (χ1n) is 6.19. The van der Waals surface area contributed by atoms with Crippen LogP contribution in [-0.4, -0.2) is 15.4 Å². The molecule has 0 aliphatic carbocycles. The molecule has 3 aromatic rings. The Balaban J connectivity index is 1.99. The molecular weight excluding hydrogens is 254 g/mol. The highest BCUT2D eigenvalue weighted by atomic mass is 16.5. The summed E-state index contributed by atoms with van der Waals surface area (Å²) in [6, 6.07) is 13.7. The Morgan fingerprint density at radius 3 is 2.30 bits per heavy atom. The summed E-state index contributed by atoms with van der Waals surface area (Å²) >= 11 is 0. The minimum absolute atomic E-state index is 0.211. The molecule has 4 nitrogen and oxygen atoms in total. The lowest BCUT2D eigenvalue weighted by Crippen LogP contribution is -1.82. The van der Waals surface area contributed by atoms with Gasteiger partial charge >= 0.3 is 0 Å². The summed E-state index contributed by atoms with van der Waals surface area (Å²) in [6.45, 7) is 1.91. The number of aromatic nitrogens is 1. The van der Waals surface area contributed by atoms with Crippen LogP contribution in [0.3, 0.4) is 0 Å². The van der Waals surface area contributed by atoms with Gasteiger partial charge in [-0.25, -0.2) is 0 Å². The Morgan fingerprint density at radius 2 is 1.60 bits per heavy atom. The lowest BCUT2D eigenvalue weighted by molar-refractivity contribution is 0.434. The Morgan fingerprint density at radius 1 is 0.900 bits per heavy atom. The minimum Gasteiger partial charge on any atom is -0.508 e. The number of hydrogen-bond donors (Lipinski definition) is 2. The highest BCUT2D eigenvalue weighted by Crippen LogP contribution is 2.30. The van der Waals surface area contributed by atoms with E-state index in [-0.39, 0.29) is 11.5 Å². The predicted molar refractivity (Wildman–Crippen MR) is 75.4 cm³/mol. The molecule has 3 rings (SSSR count). The van der Waals surface area contributed by atoms with Crippen molar-refractivity contribution in [3.8, 4) is 34.1 Å². The van der Waals surface area contributed by atoms with Crippen molar-refractivity contribution in [1.29, 1.82) is 0 Å². The van der Waals surface area contributed by atoms with E-state index in [9.17, 15) is 10.2 Å². The first kappa shape index (κ1) is 12.3. The van der Waals surface area contributed by atoms with E-state index in [0.717, 1.165) is 16.7 Å². The smallest absolute Gasteiger partial charge is 0.167 e. The number of phenols is 2. The van der Waals surface area contributed by atoms with Crippen molar-refractivity contribution in [2.24, 2.45) is 0 Å². The predicted octanol–water partition coefficient (Wildman–Crippen LogP) is 3.73. The van der Waals surface area contributed by atoms with Crippen LogP contribution in [0.4, 0.5) is 0 Å². The zero-order valence-corrected chi connectivity index (χ0v) is 10.9. The molecule has 0 saturated carbocycles. The molecule has 4 heteroatoms. The number of aryl methyl sites for hydroxylation is 1. The van der Waals surface area contributed by atoms with Crippen molar-refractivity contribution in [2.45, 2.75) is 6.92 Å². The molecule has 0 fully saturated rings. The quantitative estimate of drug-likeness (QED) is 0.742. The van der Waals surface area contributed by atoms with Crippen LogP contribution in [0.1, 0.15) is 5.56 Å². The number of aromatic hydroxyl groups is 2. The van der Waals surface area contributed by atoms with Crippen LogP contribution in [-0.2, 0) is 0 Å². The molecule has 20 heavy (non-hydrogen) atoms. The van der Waals surface area contributed by atoms with Crippen LogP contribution in [0.15, 0.2) is 53.1 Å². The summed E-state index contributed by atoms with van der Waals surface area (Å²) in [5.74, 6) is 1.07. The van der Waals surface area contributed by atoms with Gasteiger partial charge in [0.15, 0.2) is 5.76 Å². The summed E-state index contributed by atoms with van der Waals surface area (Å²) < 4.78 is 5.34. The number of phenolic OH excluding ortho intramolecular Hbond substituents is 2. The lowest BCUT2D eigenvalue weighted by Gasteiger charge is -2.01. The molecule has 0 spiro atoms.